The highest BCUT2D eigenvalue weighted by Gasteiger charge is 2.44. The minimum atomic E-state index is -1.36. The van der Waals surface area contributed by atoms with Gasteiger partial charge in [-0.05, 0) is 55.7 Å². The Labute approximate surface area is 229 Å². The molecule has 0 saturated heterocycles. The highest BCUT2D eigenvalue weighted by atomic mass is 35.5. The summed E-state index contributed by atoms with van der Waals surface area (Å²) >= 11 is 13.7. The number of amides is 2. The maximum atomic E-state index is 13.0. The van der Waals surface area contributed by atoms with Crippen molar-refractivity contribution in [2.24, 2.45) is 5.92 Å². The second-order valence-electron chi connectivity index (χ2n) is 8.15. The third-order valence-corrected chi connectivity index (χ3v) is 7.46. The molecule has 2 aromatic rings. The van der Waals surface area contributed by atoms with Gasteiger partial charge >= 0.3 is 5.97 Å². The van der Waals surface area contributed by atoms with Crippen LogP contribution in [0.25, 0.3) is 0 Å². The van der Waals surface area contributed by atoms with Gasteiger partial charge in [0.1, 0.15) is 5.92 Å². The van der Waals surface area contributed by atoms with Crippen LogP contribution in [0.2, 0.25) is 10.0 Å². The van der Waals surface area contributed by atoms with E-state index in [2.05, 4.69) is 16.7 Å². The number of thioether (sulfide) groups is 1. The lowest BCUT2D eigenvalue weighted by molar-refractivity contribution is -0.150. The van der Waals surface area contributed by atoms with Crippen LogP contribution in [0.15, 0.2) is 40.9 Å². The van der Waals surface area contributed by atoms with Gasteiger partial charge in [0.2, 0.25) is 11.8 Å². The van der Waals surface area contributed by atoms with Crippen LogP contribution in [-0.2, 0) is 19.1 Å². The number of hydrogen-bond acceptors (Lipinski definition) is 7. The van der Waals surface area contributed by atoms with Gasteiger partial charge in [0.15, 0.2) is 5.75 Å². The van der Waals surface area contributed by atoms with Crippen LogP contribution in [0.3, 0.4) is 0 Å². The summed E-state index contributed by atoms with van der Waals surface area (Å²) in [6.07, 6.45) is 0. The molecule has 37 heavy (non-hydrogen) atoms. The Kier molecular flexibility index (Phi) is 9.49. The molecule has 0 saturated carbocycles. The van der Waals surface area contributed by atoms with E-state index in [9.17, 15) is 19.6 Å². The molecule has 11 heteroatoms. The van der Waals surface area contributed by atoms with Crippen molar-refractivity contribution in [2.75, 3.05) is 24.8 Å². The predicted molar refractivity (Wildman–Crippen MR) is 144 cm³/mol. The van der Waals surface area contributed by atoms with E-state index >= 15 is 0 Å². The minimum Gasteiger partial charge on any atom is -0.491 e. The Bertz CT molecular complexity index is 1300. The fourth-order valence-corrected chi connectivity index (χ4v) is 5.39. The van der Waals surface area contributed by atoms with Crippen LogP contribution in [0.1, 0.15) is 29.5 Å². The van der Waals surface area contributed by atoms with Crippen molar-refractivity contribution >= 4 is 58.4 Å². The molecule has 0 fully saturated rings. The number of carbonyl (C=O) groups excluding carboxylic acids is 3. The average molecular weight is 562 g/mol. The van der Waals surface area contributed by atoms with E-state index in [0.717, 1.165) is 30.0 Å². The first-order valence-electron chi connectivity index (χ1n) is 11.3. The lowest BCUT2D eigenvalue weighted by Gasteiger charge is -2.31. The van der Waals surface area contributed by atoms with Crippen LogP contribution >= 0.6 is 35.0 Å². The molecule has 0 radical (unpaired) electrons. The maximum absolute atomic E-state index is 13.0. The van der Waals surface area contributed by atoms with Crippen molar-refractivity contribution < 1.29 is 23.9 Å². The van der Waals surface area contributed by atoms with E-state index < -0.39 is 23.7 Å². The molecule has 0 spiro atoms. The molecule has 2 amide bonds. The minimum absolute atomic E-state index is 0.0795. The van der Waals surface area contributed by atoms with Crippen LogP contribution in [0, 0.1) is 31.1 Å². The highest BCUT2D eigenvalue weighted by molar-refractivity contribution is 8.03. The van der Waals surface area contributed by atoms with Crippen molar-refractivity contribution in [1.29, 1.82) is 5.26 Å². The van der Waals surface area contributed by atoms with Crippen molar-refractivity contribution in [3.05, 3.63) is 67.7 Å². The predicted octanol–water partition coefficient (Wildman–Crippen LogP) is 5.12. The summed E-state index contributed by atoms with van der Waals surface area (Å²) in [5, 5.41) is 16.0. The van der Waals surface area contributed by atoms with Crippen molar-refractivity contribution in [3.63, 3.8) is 0 Å². The van der Waals surface area contributed by atoms with Gasteiger partial charge < -0.3 is 20.1 Å². The third kappa shape index (κ3) is 6.21. The fourth-order valence-electron chi connectivity index (χ4n) is 3.93. The molecule has 2 atom stereocenters. The van der Waals surface area contributed by atoms with E-state index in [-0.39, 0.29) is 38.1 Å². The molecule has 0 bridgehead atoms. The van der Waals surface area contributed by atoms with Crippen molar-refractivity contribution in [3.8, 4) is 11.8 Å². The quantitative estimate of drug-likeness (QED) is 0.339. The number of nitrogens with one attached hydrogen (secondary N) is 2. The molecule has 1 aliphatic heterocycles. The molecule has 1 heterocycles. The van der Waals surface area contributed by atoms with Crippen LogP contribution in [0.5, 0.6) is 5.75 Å². The molecule has 1 aliphatic rings. The van der Waals surface area contributed by atoms with Gasteiger partial charge in [-0.25, -0.2) is 0 Å². The number of hydrogen-bond donors (Lipinski definition) is 2. The standard InChI is InChI=1S/C26H25Cl2N3O5S/c1-5-36-23-17(27)9-15(10-18(23)28)21-16(11-29)25(31-24(33)22(21)26(34)35-4)37-12-20(32)30-19-8-6-7-13(2)14(19)3/h6-10,21-22H,5,12H2,1-4H3,(H,30,32)(H,31,33)/t21-,22+/m1/s1. The summed E-state index contributed by atoms with van der Waals surface area (Å²) < 4.78 is 10.3. The van der Waals surface area contributed by atoms with Gasteiger partial charge in [0.25, 0.3) is 0 Å². The molecule has 0 unspecified atom stereocenters. The Morgan fingerprint density at radius 2 is 1.89 bits per heavy atom. The molecule has 2 aromatic carbocycles. The lowest BCUT2D eigenvalue weighted by atomic mass is 9.78. The zero-order valence-electron chi connectivity index (χ0n) is 20.6. The Morgan fingerprint density at radius 3 is 2.49 bits per heavy atom. The second-order valence-corrected chi connectivity index (χ2v) is 9.95. The fraction of sp³-hybridized carbons (Fsp3) is 0.308. The molecule has 0 aromatic heterocycles. The largest absolute Gasteiger partial charge is 0.491 e. The van der Waals surface area contributed by atoms with Gasteiger partial charge in [-0.1, -0.05) is 47.1 Å². The SMILES string of the molecule is CCOc1c(Cl)cc([C@@H]2C(C#N)=C(SCC(=O)Nc3cccc(C)c3C)NC(=O)[C@H]2C(=O)OC)cc1Cl. The molecular formula is C26H25Cl2N3O5S. The number of halogens is 2. The summed E-state index contributed by atoms with van der Waals surface area (Å²) in [5.41, 5.74) is 3.09. The molecule has 8 nitrogen and oxygen atoms in total. The lowest BCUT2D eigenvalue weighted by Crippen LogP contribution is -2.44. The molecular weight excluding hydrogens is 537 g/mol. The van der Waals surface area contributed by atoms with Gasteiger partial charge in [-0.3, -0.25) is 14.4 Å². The van der Waals surface area contributed by atoms with E-state index in [1.165, 1.54) is 12.1 Å². The summed E-state index contributed by atoms with van der Waals surface area (Å²) in [5.74, 6) is -4.06. The van der Waals surface area contributed by atoms with Gasteiger partial charge in [0, 0.05) is 11.6 Å². The molecule has 2 N–H and O–H groups in total. The van der Waals surface area contributed by atoms with E-state index in [4.69, 9.17) is 32.7 Å². The summed E-state index contributed by atoms with van der Waals surface area (Å²) in [6, 6.07) is 10.7. The number of nitriles is 1. The maximum Gasteiger partial charge on any atom is 0.319 e. The number of aryl methyl sites for hydroxylation is 1. The number of esters is 1. The number of rotatable bonds is 8. The number of carbonyl (C=O) groups is 3. The van der Waals surface area contributed by atoms with E-state index in [1.54, 1.807) is 13.0 Å². The van der Waals surface area contributed by atoms with Crippen LogP contribution in [0.4, 0.5) is 5.69 Å². The van der Waals surface area contributed by atoms with Gasteiger partial charge in [-0.2, -0.15) is 5.26 Å². The van der Waals surface area contributed by atoms with Gasteiger partial charge in [-0.15, -0.1) is 0 Å². The van der Waals surface area contributed by atoms with Crippen LogP contribution in [-0.4, -0.2) is 37.3 Å². The third-order valence-electron chi connectivity index (χ3n) is 5.88. The Morgan fingerprint density at radius 1 is 1.22 bits per heavy atom. The van der Waals surface area contributed by atoms with Crippen molar-refractivity contribution in [1.82, 2.24) is 5.32 Å². The number of ether oxygens (including phenoxy) is 2. The number of nitrogens with zero attached hydrogens (tertiary/aromatic N) is 1. The zero-order valence-corrected chi connectivity index (χ0v) is 22.9. The number of methoxy groups -OCH3 is 1. The molecule has 0 aliphatic carbocycles. The zero-order chi connectivity index (χ0) is 27.3. The van der Waals surface area contributed by atoms with Crippen LogP contribution < -0.4 is 15.4 Å². The number of benzene rings is 2. The molecule has 3 rings (SSSR count). The summed E-state index contributed by atoms with van der Waals surface area (Å²) in [6.45, 7) is 5.94. The summed E-state index contributed by atoms with van der Waals surface area (Å²) in [4.78, 5) is 38.3. The van der Waals surface area contributed by atoms with E-state index in [1.807, 2.05) is 26.0 Å². The number of anilines is 1. The Hall–Kier alpha value is -3.19. The first-order valence-corrected chi connectivity index (χ1v) is 13.0. The first kappa shape index (κ1) is 28.4. The van der Waals surface area contributed by atoms with Gasteiger partial charge in [0.05, 0.1) is 46.2 Å². The molecule has 194 valence electrons. The highest BCUT2D eigenvalue weighted by Crippen LogP contribution is 2.44. The first-order chi connectivity index (χ1) is 17.6. The summed E-state index contributed by atoms with van der Waals surface area (Å²) in [7, 11) is 1.16. The Balaban J connectivity index is 1.97. The van der Waals surface area contributed by atoms with Crippen molar-refractivity contribution in [2.45, 2.75) is 26.7 Å². The number of allylic oxidation sites excluding steroid dienone is 1. The smallest absolute Gasteiger partial charge is 0.319 e. The topological polar surface area (TPSA) is 118 Å². The normalized spacial score (nSPS) is 17.1. The monoisotopic (exact) mass is 561 g/mol. The average Bonchev–Trinajstić information content (AvgIpc) is 2.86. The van der Waals surface area contributed by atoms with E-state index in [0.29, 0.717) is 17.9 Å². The second kappa shape index (κ2) is 12.4.